The molecule has 1 aromatic heterocycles. The maximum atomic E-state index is 13.3. The van der Waals surface area contributed by atoms with E-state index in [2.05, 4.69) is 10.4 Å². The zero-order chi connectivity index (χ0) is 21.8. The Morgan fingerprint density at radius 3 is 2.43 bits per heavy atom. The van der Waals surface area contributed by atoms with Gasteiger partial charge in [0.15, 0.2) is 0 Å². The van der Waals surface area contributed by atoms with Gasteiger partial charge in [-0.2, -0.15) is 5.10 Å². The number of carbonyl (C=O) groups excluding carboxylic acids is 2. The summed E-state index contributed by atoms with van der Waals surface area (Å²) < 4.78 is 28.1. The molecule has 0 aliphatic carbocycles. The molecule has 0 aliphatic heterocycles. The van der Waals surface area contributed by atoms with Crippen LogP contribution in [0.25, 0.3) is 5.69 Å². The predicted octanol–water partition coefficient (Wildman–Crippen LogP) is 3.98. The summed E-state index contributed by atoms with van der Waals surface area (Å²) in [5, 5.41) is 6.87. The van der Waals surface area contributed by atoms with E-state index in [0.29, 0.717) is 22.6 Å². The first-order chi connectivity index (χ1) is 14.3. The van der Waals surface area contributed by atoms with E-state index in [4.69, 9.17) is 0 Å². The number of halogens is 2. The molecule has 2 amide bonds. The van der Waals surface area contributed by atoms with Crippen molar-refractivity contribution in [3.63, 3.8) is 0 Å². The fourth-order valence-corrected chi connectivity index (χ4v) is 3.13. The predicted molar refractivity (Wildman–Crippen MR) is 110 cm³/mol. The maximum absolute atomic E-state index is 13.3. The summed E-state index contributed by atoms with van der Waals surface area (Å²) in [7, 11) is 1.51. The van der Waals surface area contributed by atoms with Crippen molar-refractivity contribution >= 4 is 17.5 Å². The molecule has 0 saturated heterocycles. The largest absolute Gasteiger partial charge is 0.332 e. The van der Waals surface area contributed by atoms with Crippen LogP contribution in [-0.4, -0.2) is 40.1 Å². The standard InChI is InChI=1S/C22H22F2N4O2/c1-14(2)21-19(12-25-28(21)18-9-7-15(23)8-10-18)22(30)27(3)13-20(29)26-17-6-4-5-16(24)11-17/h4-12,14H,13H2,1-3H3,(H,26,29). The van der Waals surface area contributed by atoms with E-state index >= 15 is 0 Å². The molecule has 1 N–H and O–H groups in total. The molecule has 8 heteroatoms. The summed E-state index contributed by atoms with van der Waals surface area (Å²) in [4.78, 5) is 26.5. The molecule has 6 nitrogen and oxygen atoms in total. The van der Waals surface area contributed by atoms with Gasteiger partial charge < -0.3 is 10.2 Å². The van der Waals surface area contributed by atoms with Crippen molar-refractivity contribution in [3.8, 4) is 5.69 Å². The minimum Gasteiger partial charge on any atom is -0.332 e. The summed E-state index contributed by atoms with van der Waals surface area (Å²) in [6, 6.07) is 11.3. The van der Waals surface area contributed by atoms with Gasteiger partial charge in [0.1, 0.15) is 11.6 Å². The Morgan fingerprint density at radius 2 is 1.80 bits per heavy atom. The van der Waals surface area contributed by atoms with E-state index in [1.54, 1.807) is 22.9 Å². The number of carbonyl (C=O) groups is 2. The number of hydrogen-bond acceptors (Lipinski definition) is 3. The number of rotatable bonds is 6. The van der Waals surface area contributed by atoms with Gasteiger partial charge in [0.05, 0.1) is 29.7 Å². The van der Waals surface area contributed by atoms with Gasteiger partial charge in [0.25, 0.3) is 5.91 Å². The van der Waals surface area contributed by atoms with Crippen molar-refractivity contribution in [2.45, 2.75) is 19.8 Å². The third kappa shape index (κ3) is 4.71. The van der Waals surface area contributed by atoms with E-state index in [9.17, 15) is 18.4 Å². The van der Waals surface area contributed by atoms with Crippen molar-refractivity contribution < 1.29 is 18.4 Å². The Bertz CT molecular complexity index is 1060. The molecular formula is C22H22F2N4O2. The van der Waals surface area contributed by atoms with Crippen molar-refractivity contribution in [1.29, 1.82) is 0 Å². The van der Waals surface area contributed by atoms with Gasteiger partial charge in [-0.15, -0.1) is 0 Å². The van der Waals surface area contributed by atoms with Crippen molar-refractivity contribution in [3.05, 3.63) is 77.6 Å². The molecular weight excluding hydrogens is 390 g/mol. The molecule has 2 aromatic carbocycles. The van der Waals surface area contributed by atoms with E-state index < -0.39 is 11.7 Å². The van der Waals surface area contributed by atoms with Crippen LogP contribution in [0.5, 0.6) is 0 Å². The third-order valence-corrected chi connectivity index (χ3v) is 4.49. The lowest BCUT2D eigenvalue weighted by Gasteiger charge is -2.18. The first-order valence-electron chi connectivity index (χ1n) is 9.41. The smallest absolute Gasteiger partial charge is 0.257 e. The lowest BCUT2D eigenvalue weighted by atomic mass is 10.0. The molecule has 0 radical (unpaired) electrons. The summed E-state index contributed by atoms with van der Waals surface area (Å²) >= 11 is 0. The minimum absolute atomic E-state index is 0.0500. The number of anilines is 1. The average molecular weight is 412 g/mol. The zero-order valence-electron chi connectivity index (χ0n) is 16.9. The van der Waals surface area contributed by atoms with Crippen LogP contribution >= 0.6 is 0 Å². The fourth-order valence-electron chi connectivity index (χ4n) is 3.13. The van der Waals surface area contributed by atoms with E-state index in [-0.39, 0.29) is 24.2 Å². The van der Waals surface area contributed by atoms with Crippen LogP contribution < -0.4 is 5.32 Å². The molecule has 0 unspecified atom stereocenters. The van der Waals surface area contributed by atoms with Gasteiger partial charge in [0.2, 0.25) is 5.91 Å². The van der Waals surface area contributed by atoms with Crippen LogP contribution in [0.1, 0.15) is 35.8 Å². The molecule has 1 heterocycles. The molecule has 0 atom stereocenters. The van der Waals surface area contributed by atoms with Crippen LogP contribution in [-0.2, 0) is 4.79 Å². The molecule has 0 fully saturated rings. The first kappa shape index (κ1) is 21.2. The average Bonchev–Trinajstić information content (AvgIpc) is 3.13. The molecule has 3 rings (SSSR count). The van der Waals surface area contributed by atoms with E-state index in [1.807, 2.05) is 13.8 Å². The Balaban J connectivity index is 1.78. The highest BCUT2D eigenvalue weighted by atomic mass is 19.1. The molecule has 30 heavy (non-hydrogen) atoms. The lowest BCUT2D eigenvalue weighted by Crippen LogP contribution is -2.35. The van der Waals surface area contributed by atoms with Gasteiger partial charge in [0, 0.05) is 12.7 Å². The second-order valence-corrected chi connectivity index (χ2v) is 7.21. The summed E-state index contributed by atoms with van der Waals surface area (Å²) in [6.45, 7) is 3.63. The molecule has 156 valence electrons. The molecule has 0 aliphatic rings. The Labute approximate surface area is 173 Å². The number of benzene rings is 2. The first-order valence-corrected chi connectivity index (χ1v) is 9.41. The van der Waals surface area contributed by atoms with Gasteiger partial charge >= 0.3 is 0 Å². The number of amides is 2. The second kappa shape index (κ2) is 8.86. The van der Waals surface area contributed by atoms with Gasteiger partial charge in [-0.05, 0) is 48.4 Å². The van der Waals surface area contributed by atoms with Crippen molar-refractivity contribution in [1.82, 2.24) is 14.7 Å². The van der Waals surface area contributed by atoms with E-state index in [1.165, 1.54) is 48.5 Å². The number of nitrogens with one attached hydrogen (secondary N) is 1. The van der Waals surface area contributed by atoms with E-state index in [0.717, 1.165) is 0 Å². The Kier molecular flexibility index (Phi) is 6.25. The molecule has 3 aromatic rings. The minimum atomic E-state index is -0.466. The highest BCUT2D eigenvalue weighted by Gasteiger charge is 2.24. The second-order valence-electron chi connectivity index (χ2n) is 7.21. The highest BCUT2D eigenvalue weighted by molar-refractivity contribution is 5.99. The molecule has 0 spiro atoms. The monoisotopic (exact) mass is 412 g/mol. The number of nitrogens with zero attached hydrogens (tertiary/aromatic N) is 3. The molecule has 0 saturated carbocycles. The SMILES string of the molecule is CC(C)c1c(C(=O)N(C)CC(=O)Nc2cccc(F)c2)cnn1-c1ccc(F)cc1. The van der Waals surface area contributed by atoms with Crippen LogP contribution in [0.4, 0.5) is 14.5 Å². The molecule has 0 bridgehead atoms. The van der Waals surface area contributed by atoms with Crippen LogP contribution in [0.3, 0.4) is 0 Å². The van der Waals surface area contributed by atoms with Gasteiger partial charge in [-0.3, -0.25) is 9.59 Å². The highest BCUT2D eigenvalue weighted by Crippen LogP contribution is 2.24. The fraction of sp³-hybridized carbons (Fsp3) is 0.227. The quantitative estimate of drug-likeness (QED) is 0.666. The van der Waals surface area contributed by atoms with Gasteiger partial charge in [-0.1, -0.05) is 19.9 Å². The lowest BCUT2D eigenvalue weighted by molar-refractivity contribution is -0.116. The topological polar surface area (TPSA) is 67.2 Å². The summed E-state index contributed by atoms with van der Waals surface area (Å²) in [5.41, 5.74) is 1.96. The number of hydrogen-bond donors (Lipinski definition) is 1. The van der Waals surface area contributed by atoms with Crippen LogP contribution in [0, 0.1) is 11.6 Å². The van der Waals surface area contributed by atoms with Crippen molar-refractivity contribution in [2.75, 3.05) is 18.9 Å². The van der Waals surface area contributed by atoms with Crippen LogP contribution in [0.2, 0.25) is 0 Å². The maximum Gasteiger partial charge on any atom is 0.257 e. The summed E-state index contributed by atoms with van der Waals surface area (Å²) in [5.74, 6) is -1.70. The normalized spacial score (nSPS) is 10.9. The zero-order valence-corrected chi connectivity index (χ0v) is 16.9. The number of likely N-dealkylation sites (N-methyl/N-ethyl adjacent to an activating group) is 1. The summed E-state index contributed by atoms with van der Waals surface area (Å²) in [6.07, 6.45) is 1.45. The van der Waals surface area contributed by atoms with Crippen molar-refractivity contribution in [2.24, 2.45) is 0 Å². The van der Waals surface area contributed by atoms with Gasteiger partial charge in [-0.25, -0.2) is 13.5 Å². The third-order valence-electron chi connectivity index (χ3n) is 4.49. The van der Waals surface area contributed by atoms with Crippen LogP contribution in [0.15, 0.2) is 54.7 Å². The number of aromatic nitrogens is 2. The Morgan fingerprint density at radius 1 is 1.10 bits per heavy atom. The Hall–Kier alpha value is -3.55.